The van der Waals surface area contributed by atoms with Gasteiger partial charge in [0.15, 0.2) is 5.78 Å². The quantitative estimate of drug-likeness (QED) is 0.662. The highest BCUT2D eigenvalue weighted by Gasteiger charge is 2.10. The Labute approximate surface area is 144 Å². The summed E-state index contributed by atoms with van der Waals surface area (Å²) >= 11 is 5.94. The number of ketones is 1. The summed E-state index contributed by atoms with van der Waals surface area (Å²) in [5, 5.41) is 0.882. The van der Waals surface area contributed by atoms with Gasteiger partial charge in [0, 0.05) is 10.6 Å². The van der Waals surface area contributed by atoms with Crippen molar-refractivity contribution in [1.82, 2.24) is 9.55 Å². The molecule has 0 spiro atoms. The molecule has 3 aromatic rings. The van der Waals surface area contributed by atoms with Crippen molar-refractivity contribution >= 4 is 28.3 Å². The number of carbonyl (C=O) groups excluding carboxylic acids is 1. The van der Waals surface area contributed by atoms with E-state index in [0.29, 0.717) is 21.5 Å². The number of aromatic nitrogens is 2. The number of fused-ring (bicyclic) bond motifs is 1. The molecular weight excluding hydrogens is 324 g/mol. The molecule has 2 aromatic carbocycles. The van der Waals surface area contributed by atoms with Crippen LogP contribution in [-0.2, 0) is 13.0 Å². The van der Waals surface area contributed by atoms with E-state index in [9.17, 15) is 9.59 Å². The number of halogens is 1. The summed E-state index contributed by atoms with van der Waals surface area (Å²) in [4.78, 5) is 29.1. The van der Waals surface area contributed by atoms with E-state index >= 15 is 0 Å². The van der Waals surface area contributed by atoms with Crippen LogP contribution in [0.15, 0.2) is 53.6 Å². The molecule has 0 aliphatic rings. The Balaban J connectivity index is 1.87. The Bertz CT molecular complexity index is 946. The second kappa shape index (κ2) is 6.97. The molecule has 3 rings (SSSR count). The molecule has 0 radical (unpaired) electrons. The first-order chi connectivity index (χ1) is 11.6. The molecule has 0 aliphatic heterocycles. The van der Waals surface area contributed by atoms with Crippen LogP contribution in [0.1, 0.15) is 29.3 Å². The van der Waals surface area contributed by atoms with E-state index in [-0.39, 0.29) is 17.9 Å². The van der Waals surface area contributed by atoms with Crippen molar-refractivity contribution in [2.45, 2.75) is 26.3 Å². The number of carbonyl (C=O) groups is 1. The Kier molecular flexibility index (Phi) is 4.76. The van der Waals surface area contributed by atoms with E-state index in [0.717, 1.165) is 12.8 Å². The van der Waals surface area contributed by atoms with Crippen molar-refractivity contribution in [3.8, 4) is 0 Å². The first-order valence-electron chi connectivity index (χ1n) is 7.85. The Hall–Kier alpha value is -2.46. The van der Waals surface area contributed by atoms with Crippen LogP contribution in [0.2, 0.25) is 5.02 Å². The van der Waals surface area contributed by atoms with E-state index in [1.54, 1.807) is 18.2 Å². The predicted molar refractivity (Wildman–Crippen MR) is 95.8 cm³/mol. The minimum Gasteiger partial charge on any atom is -0.292 e. The van der Waals surface area contributed by atoms with E-state index in [1.165, 1.54) is 16.5 Å². The number of hydrogen-bond acceptors (Lipinski definition) is 3. The fourth-order valence-electron chi connectivity index (χ4n) is 2.64. The van der Waals surface area contributed by atoms with Crippen molar-refractivity contribution in [3.63, 3.8) is 0 Å². The maximum Gasteiger partial charge on any atom is 0.261 e. The van der Waals surface area contributed by atoms with Gasteiger partial charge >= 0.3 is 0 Å². The van der Waals surface area contributed by atoms with Crippen molar-refractivity contribution in [2.75, 3.05) is 0 Å². The van der Waals surface area contributed by atoms with Crippen molar-refractivity contribution in [1.29, 1.82) is 0 Å². The number of benzene rings is 2. The lowest BCUT2D eigenvalue weighted by molar-refractivity contribution is 0.0970. The summed E-state index contributed by atoms with van der Waals surface area (Å²) in [7, 11) is 0. The van der Waals surface area contributed by atoms with Gasteiger partial charge in [-0.3, -0.25) is 14.2 Å². The lowest BCUT2D eigenvalue weighted by atomic mass is 10.1. The zero-order valence-electron chi connectivity index (χ0n) is 13.3. The highest BCUT2D eigenvalue weighted by Crippen LogP contribution is 2.14. The largest absolute Gasteiger partial charge is 0.292 e. The fourth-order valence-corrected chi connectivity index (χ4v) is 2.81. The van der Waals surface area contributed by atoms with Gasteiger partial charge in [-0.2, -0.15) is 0 Å². The summed E-state index contributed by atoms with van der Waals surface area (Å²) in [6, 6.07) is 12.5. The number of rotatable bonds is 5. The molecule has 24 heavy (non-hydrogen) atoms. The minimum absolute atomic E-state index is 0.0403. The highest BCUT2D eigenvalue weighted by molar-refractivity contribution is 6.31. The molecule has 0 saturated heterocycles. The van der Waals surface area contributed by atoms with Gasteiger partial charge in [0.25, 0.3) is 5.56 Å². The molecule has 0 atom stereocenters. The summed E-state index contributed by atoms with van der Waals surface area (Å²) in [5.41, 5.74) is 2.09. The van der Waals surface area contributed by atoms with Gasteiger partial charge in [0.1, 0.15) is 0 Å². The summed E-state index contributed by atoms with van der Waals surface area (Å²) < 4.78 is 1.32. The van der Waals surface area contributed by atoms with Gasteiger partial charge in [-0.25, -0.2) is 4.98 Å². The minimum atomic E-state index is -0.265. The zero-order chi connectivity index (χ0) is 17.1. The summed E-state index contributed by atoms with van der Waals surface area (Å²) in [6.45, 7) is 2.08. The topological polar surface area (TPSA) is 52.0 Å². The summed E-state index contributed by atoms with van der Waals surface area (Å²) in [5.74, 6) is -0.122. The van der Waals surface area contributed by atoms with Crippen LogP contribution in [0.5, 0.6) is 0 Å². The lowest BCUT2D eigenvalue weighted by Crippen LogP contribution is -2.24. The molecule has 0 aliphatic carbocycles. The number of nitrogens with zero attached hydrogens (tertiary/aromatic N) is 2. The van der Waals surface area contributed by atoms with Crippen LogP contribution in [0, 0.1) is 0 Å². The van der Waals surface area contributed by atoms with E-state index in [1.807, 2.05) is 24.3 Å². The molecule has 122 valence electrons. The van der Waals surface area contributed by atoms with E-state index in [2.05, 4.69) is 11.9 Å². The molecule has 0 unspecified atom stereocenters. The number of aryl methyl sites for hydroxylation is 1. The number of Topliss-reactive ketones (excluding diaryl/α,β-unsaturated/α-hetero) is 1. The van der Waals surface area contributed by atoms with Crippen molar-refractivity contribution in [3.05, 3.63) is 75.3 Å². The van der Waals surface area contributed by atoms with Crippen molar-refractivity contribution in [2.24, 2.45) is 0 Å². The molecule has 0 N–H and O–H groups in total. The highest BCUT2D eigenvalue weighted by atomic mass is 35.5. The Morgan fingerprint density at radius 3 is 2.62 bits per heavy atom. The van der Waals surface area contributed by atoms with Crippen LogP contribution >= 0.6 is 11.6 Å². The van der Waals surface area contributed by atoms with Gasteiger partial charge in [-0.1, -0.05) is 49.2 Å². The molecule has 4 nitrogen and oxygen atoms in total. The standard InChI is InChI=1S/C19H17ClN2O2/c1-2-3-13-4-6-14(7-5-13)18(23)11-22-12-21-17-9-8-15(20)10-16(17)19(22)24/h4-10,12H,2-3,11H2,1H3. The second-order valence-corrected chi connectivity index (χ2v) is 6.15. The zero-order valence-corrected chi connectivity index (χ0v) is 14.1. The molecule has 1 aromatic heterocycles. The molecule has 5 heteroatoms. The normalized spacial score (nSPS) is 10.9. The molecule has 0 saturated carbocycles. The third kappa shape index (κ3) is 3.39. The first-order valence-corrected chi connectivity index (χ1v) is 8.23. The van der Waals surface area contributed by atoms with Gasteiger partial charge in [-0.15, -0.1) is 0 Å². The second-order valence-electron chi connectivity index (χ2n) is 5.71. The first kappa shape index (κ1) is 16.4. The molecular formula is C19H17ClN2O2. The smallest absolute Gasteiger partial charge is 0.261 e. The van der Waals surface area contributed by atoms with Crippen LogP contribution in [0.4, 0.5) is 0 Å². The lowest BCUT2D eigenvalue weighted by Gasteiger charge is -2.07. The molecule has 0 fully saturated rings. The average molecular weight is 341 g/mol. The van der Waals surface area contributed by atoms with Crippen LogP contribution in [0.3, 0.4) is 0 Å². The third-order valence-corrected chi connectivity index (χ3v) is 4.15. The van der Waals surface area contributed by atoms with E-state index < -0.39 is 0 Å². The maximum absolute atomic E-state index is 12.5. The molecule has 1 heterocycles. The van der Waals surface area contributed by atoms with Gasteiger partial charge in [0.2, 0.25) is 0 Å². The SMILES string of the molecule is CCCc1ccc(C(=O)Cn2cnc3ccc(Cl)cc3c2=O)cc1. The van der Waals surface area contributed by atoms with E-state index in [4.69, 9.17) is 11.6 Å². The maximum atomic E-state index is 12.5. The van der Waals surface area contributed by atoms with Crippen LogP contribution in [-0.4, -0.2) is 15.3 Å². The fraction of sp³-hybridized carbons (Fsp3) is 0.211. The molecule has 0 amide bonds. The number of hydrogen-bond donors (Lipinski definition) is 0. The summed E-state index contributed by atoms with van der Waals surface area (Å²) in [6.07, 6.45) is 3.46. The van der Waals surface area contributed by atoms with Gasteiger partial charge in [-0.05, 0) is 30.2 Å². The van der Waals surface area contributed by atoms with Gasteiger partial charge < -0.3 is 0 Å². The predicted octanol–water partition coefficient (Wildman–Crippen LogP) is 3.89. The third-order valence-electron chi connectivity index (χ3n) is 3.91. The average Bonchev–Trinajstić information content (AvgIpc) is 2.59. The van der Waals surface area contributed by atoms with Crippen molar-refractivity contribution < 1.29 is 4.79 Å². The van der Waals surface area contributed by atoms with Gasteiger partial charge in [0.05, 0.1) is 23.8 Å². The molecule has 0 bridgehead atoms. The Morgan fingerprint density at radius 2 is 1.92 bits per heavy atom. The monoisotopic (exact) mass is 340 g/mol. The Morgan fingerprint density at radius 1 is 1.17 bits per heavy atom. The van der Waals surface area contributed by atoms with Crippen LogP contribution in [0.25, 0.3) is 10.9 Å². The van der Waals surface area contributed by atoms with Crippen LogP contribution < -0.4 is 5.56 Å².